The molecule has 6 heteroatoms. The van der Waals surface area contributed by atoms with E-state index in [2.05, 4.69) is 41.3 Å². The van der Waals surface area contributed by atoms with Gasteiger partial charge in [-0.25, -0.2) is 0 Å². The van der Waals surface area contributed by atoms with Gasteiger partial charge in [-0.2, -0.15) is 4.98 Å². The molecule has 0 saturated carbocycles. The van der Waals surface area contributed by atoms with Crippen molar-refractivity contribution in [3.63, 3.8) is 0 Å². The van der Waals surface area contributed by atoms with E-state index in [4.69, 9.17) is 9.26 Å². The van der Waals surface area contributed by atoms with Gasteiger partial charge in [0.2, 0.25) is 17.6 Å². The van der Waals surface area contributed by atoms with Crippen molar-refractivity contribution in [3.05, 3.63) is 101 Å². The first-order chi connectivity index (χ1) is 16.1. The number of aromatic nitrogens is 2. The van der Waals surface area contributed by atoms with Gasteiger partial charge >= 0.3 is 0 Å². The molecule has 1 aliphatic heterocycles. The van der Waals surface area contributed by atoms with Crippen molar-refractivity contribution in [2.24, 2.45) is 0 Å². The SMILES string of the molecule is Cc1ccc(CN2CC(c3nc(-c4ccc(OCc5ccccc5)cc4)no3)CC2=O)cc1. The van der Waals surface area contributed by atoms with Gasteiger partial charge in [0.05, 0.1) is 5.92 Å². The van der Waals surface area contributed by atoms with Crippen molar-refractivity contribution >= 4 is 5.91 Å². The Morgan fingerprint density at radius 3 is 2.48 bits per heavy atom. The average Bonchev–Trinajstić information content (AvgIpc) is 3.47. The lowest BCUT2D eigenvalue weighted by molar-refractivity contribution is -0.128. The van der Waals surface area contributed by atoms with E-state index < -0.39 is 0 Å². The molecule has 1 aromatic heterocycles. The molecule has 6 nitrogen and oxygen atoms in total. The predicted molar refractivity (Wildman–Crippen MR) is 124 cm³/mol. The third kappa shape index (κ3) is 4.95. The molecule has 5 rings (SSSR count). The van der Waals surface area contributed by atoms with Gasteiger partial charge in [0.1, 0.15) is 12.4 Å². The average molecular weight is 440 g/mol. The summed E-state index contributed by atoms with van der Waals surface area (Å²) in [5, 5.41) is 4.14. The largest absolute Gasteiger partial charge is 0.489 e. The number of likely N-dealkylation sites (tertiary alicyclic amines) is 1. The van der Waals surface area contributed by atoms with Crippen LogP contribution < -0.4 is 4.74 Å². The molecule has 0 N–H and O–H groups in total. The molecule has 0 bridgehead atoms. The van der Waals surface area contributed by atoms with Crippen molar-refractivity contribution < 1.29 is 14.1 Å². The zero-order valence-corrected chi connectivity index (χ0v) is 18.5. The fraction of sp³-hybridized carbons (Fsp3) is 0.222. The molecule has 1 atom stereocenters. The second-order valence-corrected chi connectivity index (χ2v) is 8.42. The van der Waals surface area contributed by atoms with Gasteiger partial charge < -0.3 is 14.2 Å². The number of benzene rings is 3. The minimum Gasteiger partial charge on any atom is -0.489 e. The van der Waals surface area contributed by atoms with Crippen LogP contribution in [0.2, 0.25) is 0 Å². The van der Waals surface area contributed by atoms with Crippen LogP contribution in [0, 0.1) is 6.92 Å². The van der Waals surface area contributed by atoms with Gasteiger partial charge in [-0.3, -0.25) is 4.79 Å². The van der Waals surface area contributed by atoms with E-state index in [9.17, 15) is 4.79 Å². The van der Waals surface area contributed by atoms with Gasteiger partial charge in [-0.05, 0) is 42.3 Å². The van der Waals surface area contributed by atoms with Crippen molar-refractivity contribution in [2.45, 2.75) is 32.4 Å². The highest BCUT2D eigenvalue weighted by Crippen LogP contribution is 2.30. The third-order valence-electron chi connectivity index (χ3n) is 5.86. The zero-order chi connectivity index (χ0) is 22.6. The van der Waals surface area contributed by atoms with Crippen LogP contribution in [0.4, 0.5) is 0 Å². The number of carbonyl (C=O) groups is 1. The summed E-state index contributed by atoms with van der Waals surface area (Å²) in [5.41, 5.74) is 4.29. The summed E-state index contributed by atoms with van der Waals surface area (Å²) < 4.78 is 11.4. The maximum absolute atomic E-state index is 12.5. The van der Waals surface area contributed by atoms with Crippen LogP contribution in [-0.2, 0) is 17.9 Å². The van der Waals surface area contributed by atoms with Gasteiger partial charge in [-0.15, -0.1) is 0 Å². The summed E-state index contributed by atoms with van der Waals surface area (Å²) in [5.74, 6) is 1.83. The van der Waals surface area contributed by atoms with E-state index in [1.807, 2.05) is 59.5 Å². The van der Waals surface area contributed by atoms with E-state index >= 15 is 0 Å². The molecule has 1 fully saturated rings. The zero-order valence-electron chi connectivity index (χ0n) is 18.5. The second kappa shape index (κ2) is 9.28. The molecule has 1 unspecified atom stereocenters. The number of nitrogens with zero attached hydrogens (tertiary/aromatic N) is 3. The van der Waals surface area contributed by atoms with Gasteiger partial charge in [0, 0.05) is 25.1 Å². The van der Waals surface area contributed by atoms with E-state index in [1.165, 1.54) is 5.56 Å². The molecule has 3 aromatic carbocycles. The Morgan fingerprint density at radius 1 is 0.970 bits per heavy atom. The Bertz CT molecular complexity index is 1220. The van der Waals surface area contributed by atoms with Gasteiger partial charge in [-0.1, -0.05) is 65.3 Å². The minimum absolute atomic E-state index is 0.0855. The van der Waals surface area contributed by atoms with Crippen molar-refractivity contribution in [1.29, 1.82) is 0 Å². The first kappa shape index (κ1) is 20.9. The quantitative estimate of drug-likeness (QED) is 0.399. The van der Waals surface area contributed by atoms with Crippen LogP contribution in [0.25, 0.3) is 11.4 Å². The van der Waals surface area contributed by atoms with Crippen LogP contribution in [0.5, 0.6) is 5.75 Å². The Kier molecular flexibility index (Phi) is 5.89. The van der Waals surface area contributed by atoms with Crippen LogP contribution in [0.15, 0.2) is 83.4 Å². The van der Waals surface area contributed by atoms with E-state index in [0.717, 1.165) is 22.4 Å². The van der Waals surface area contributed by atoms with Crippen LogP contribution >= 0.6 is 0 Å². The lowest BCUT2D eigenvalue weighted by atomic mass is 10.1. The number of carbonyl (C=O) groups excluding carboxylic acids is 1. The van der Waals surface area contributed by atoms with E-state index in [1.54, 1.807) is 0 Å². The molecule has 1 amide bonds. The topological polar surface area (TPSA) is 68.5 Å². The van der Waals surface area contributed by atoms with Crippen LogP contribution in [0.1, 0.15) is 34.9 Å². The van der Waals surface area contributed by atoms with Gasteiger partial charge in [0.25, 0.3) is 0 Å². The monoisotopic (exact) mass is 439 g/mol. The van der Waals surface area contributed by atoms with Crippen molar-refractivity contribution in [2.75, 3.05) is 6.54 Å². The highest BCUT2D eigenvalue weighted by Gasteiger charge is 2.34. The summed E-state index contributed by atoms with van der Waals surface area (Å²) in [6.45, 7) is 3.75. The maximum atomic E-state index is 12.5. The van der Waals surface area contributed by atoms with Gasteiger partial charge in [0.15, 0.2) is 0 Å². The highest BCUT2D eigenvalue weighted by molar-refractivity contribution is 5.79. The second-order valence-electron chi connectivity index (χ2n) is 8.42. The number of hydrogen-bond acceptors (Lipinski definition) is 5. The minimum atomic E-state index is -0.0855. The lowest BCUT2D eigenvalue weighted by Crippen LogP contribution is -2.24. The molecule has 1 aliphatic rings. The fourth-order valence-corrected chi connectivity index (χ4v) is 3.96. The number of aryl methyl sites for hydroxylation is 1. The molecule has 0 spiro atoms. The summed E-state index contributed by atoms with van der Waals surface area (Å²) >= 11 is 0. The number of ether oxygens (including phenoxy) is 1. The molecule has 33 heavy (non-hydrogen) atoms. The summed E-state index contributed by atoms with van der Waals surface area (Å²) in [6, 6.07) is 25.9. The standard InChI is InChI=1S/C27H25N3O3/c1-19-7-9-20(10-8-19)16-30-17-23(15-25(30)31)27-28-26(29-33-27)22-11-13-24(14-12-22)32-18-21-5-3-2-4-6-21/h2-14,23H,15-18H2,1H3. The molecular weight excluding hydrogens is 414 g/mol. The normalized spacial score (nSPS) is 15.7. The molecule has 4 aromatic rings. The number of hydrogen-bond donors (Lipinski definition) is 0. The smallest absolute Gasteiger partial charge is 0.232 e. The molecule has 0 radical (unpaired) electrons. The Labute approximate surface area is 192 Å². The number of rotatable bonds is 7. The molecule has 2 heterocycles. The predicted octanol–water partition coefficient (Wildman–Crippen LogP) is 5.14. The van der Waals surface area contributed by atoms with Crippen molar-refractivity contribution in [1.82, 2.24) is 15.0 Å². The first-order valence-corrected chi connectivity index (χ1v) is 11.1. The summed E-state index contributed by atoms with van der Waals surface area (Å²) in [7, 11) is 0. The van der Waals surface area contributed by atoms with E-state index in [0.29, 0.717) is 37.8 Å². The summed E-state index contributed by atoms with van der Waals surface area (Å²) in [6.07, 6.45) is 0.389. The molecule has 1 saturated heterocycles. The Balaban J connectivity index is 1.21. The maximum Gasteiger partial charge on any atom is 0.232 e. The highest BCUT2D eigenvalue weighted by atomic mass is 16.5. The molecular formula is C27H25N3O3. The van der Waals surface area contributed by atoms with Crippen LogP contribution in [-0.4, -0.2) is 27.5 Å². The van der Waals surface area contributed by atoms with Crippen molar-refractivity contribution in [3.8, 4) is 17.1 Å². The first-order valence-electron chi connectivity index (χ1n) is 11.1. The van der Waals surface area contributed by atoms with E-state index in [-0.39, 0.29) is 11.8 Å². The number of amides is 1. The third-order valence-corrected chi connectivity index (χ3v) is 5.86. The lowest BCUT2D eigenvalue weighted by Gasteiger charge is -2.16. The summed E-state index contributed by atoms with van der Waals surface area (Å²) in [4.78, 5) is 19.0. The fourth-order valence-electron chi connectivity index (χ4n) is 3.96. The Morgan fingerprint density at radius 2 is 1.73 bits per heavy atom. The molecule has 0 aliphatic carbocycles. The Hall–Kier alpha value is -3.93. The van der Waals surface area contributed by atoms with Crippen LogP contribution in [0.3, 0.4) is 0 Å². The molecule has 166 valence electrons.